The molecular weight excluding hydrogens is 414 g/mol. The molecule has 0 amide bonds. The number of nitrogens with zero attached hydrogens (tertiary/aromatic N) is 2. The Balaban J connectivity index is 0.996. The number of hydrogen-bond acceptors (Lipinski definition) is 2. The quantitative estimate of drug-likeness (QED) is 0.302. The van der Waals surface area contributed by atoms with Gasteiger partial charge in [-0.25, -0.2) is 0 Å². The van der Waals surface area contributed by atoms with Crippen molar-refractivity contribution in [1.29, 1.82) is 0 Å². The van der Waals surface area contributed by atoms with E-state index in [0.717, 1.165) is 18.1 Å². The van der Waals surface area contributed by atoms with E-state index in [9.17, 15) is 0 Å². The highest BCUT2D eigenvalue weighted by Crippen LogP contribution is 2.18. The van der Waals surface area contributed by atoms with Gasteiger partial charge in [0.15, 0.2) is 0 Å². The van der Waals surface area contributed by atoms with Crippen LogP contribution in [0.3, 0.4) is 0 Å². The van der Waals surface area contributed by atoms with Gasteiger partial charge in [-0.3, -0.25) is 4.90 Å². The summed E-state index contributed by atoms with van der Waals surface area (Å²) in [4.78, 5) is 2.56. The molecule has 1 N–H and O–H groups in total. The maximum atomic E-state index is 6.11. The number of aryl methyl sites for hydroxylation is 1. The molecule has 2 aromatic carbocycles. The van der Waals surface area contributed by atoms with Gasteiger partial charge in [0.2, 0.25) is 0 Å². The molecule has 0 radical (unpaired) electrons. The average molecular weight is 452 g/mol. The van der Waals surface area contributed by atoms with E-state index in [1.54, 1.807) is 0 Å². The number of benzene rings is 2. The normalized spacial score (nSPS) is 15.5. The molecular formula is C28H38ClN3. The second kappa shape index (κ2) is 12.4. The Morgan fingerprint density at radius 1 is 0.844 bits per heavy atom. The fourth-order valence-corrected chi connectivity index (χ4v) is 5.16. The van der Waals surface area contributed by atoms with Crippen LogP contribution in [0.15, 0.2) is 60.8 Å². The van der Waals surface area contributed by atoms with Crippen LogP contribution in [0.4, 0.5) is 0 Å². The molecule has 1 aliphatic heterocycles. The van der Waals surface area contributed by atoms with Crippen molar-refractivity contribution in [1.82, 2.24) is 14.8 Å². The first-order chi connectivity index (χ1) is 15.8. The van der Waals surface area contributed by atoms with Gasteiger partial charge in [0.25, 0.3) is 0 Å². The molecule has 4 rings (SSSR count). The molecule has 1 aliphatic rings. The lowest BCUT2D eigenvalue weighted by molar-refractivity contribution is 0.190. The van der Waals surface area contributed by atoms with E-state index < -0.39 is 0 Å². The maximum absolute atomic E-state index is 6.11. The second-order valence-corrected chi connectivity index (χ2v) is 9.76. The van der Waals surface area contributed by atoms with Crippen LogP contribution in [0, 0.1) is 0 Å². The lowest BCUT2D eigenvalue weighted by Crippen LogP contribution is -2.42. The number of fused-ring (bicyclic) bond motifs is 1. The smallest absolute Gasteiger partial charge is 0.0480 e. The van der Waals surface area contributed by atoms with Gasteiger partial charge in [0.05, 0.1) is 0 Å². The third kappa shape index (κ3) is 7.10. The van der Waals surface area contributed by atoms with E-state index >= 15 is 0 Å². The molecule has 0 saturated carbocycles. The molecule has 3 nitrogen and oxygen atoms in total. The number of aromatic nitrogens is 1. The van der Waals surface area contributed by atoms with Crippen LogP contribution in [0.5, 0.6) is 0 Å². The molecule has 0 aliphatic carbocycles. The summed E-state index contributed by atoms with van der Waals surface area (Å²) in [6.45, 7) is 5.70. The van der Waals surface area contributed by atoms with Crippen LogP contribution < -0.4 is 5.32 Å². The number of hydrogen-bond donors (Lipinski definition) is 1. The van der Waals surface area contributed by atoms with E-state index in [-0.39, 0.29) is 0 Å². The monoisotopic (exact) mass is 451 g/mol. The highest BCUT2D eigenvalue weighted by molar-refractivity contribution is 6.30. The molecule has 3 aromatic rings. The largest absolute Gasteiger partial charge is 0.347 e. The summed E-state index contributed by atoms with van der Waals surface area (Å²) in [5, 5.41) is 6.00. The van der Waals surface area contributed by atoms with Crippen LogP contribution in [-0.4, -0.2) is 35.1 Å². The van der Waals surface area contributed by atoms with Gasteiger partial charge < -0.3 is 9.88 Å². The number of halogens is 1. The van der Waals surface area contributed by atoms with Crippen LogP contribution in [0.1, 0.15) is 56.9 Å². The molecule has 2 heterocycles. The van der Waals surface area contributed by atoms with Crippen LogP contribution >= 0.6 is 11.6 Å². The van der Waals surface area contributed by atoms with E-state index in [4.69, 9.17) is 11.6 Å². The standard InChI is InChI=1S/C28H38ClN3/c29-26-12-9-10-24(22-26)23-31-19-15-27(16-20-31)30-17-7-3-1-2-4-8-18-32-21-14-25-11-5-6-13-28(25)32/h5-6,9-14,21-22,27,30H,1-4,7-8,15-20,23H2. The van der Waals surface area contributed by atoms with Gasteiger partial charge in [-0.1, -0.05) is 67.6 Å². The van der Waals surface area contributed by atoms with Gasteiger partial charge in [0.1, 0.15) is 0 Å². The van der Waals surface area contributed by atoms with Gasteiger partial charge in [-0.05, 0) is 80.5 Å². The van der Waals surface area contributed by atoms with Crippen molar-refractivity contribution in [3.05, 3.63) is 71.4 Å². The predicted octanol–water partition coefficient (Wildman–Crippen LogP) is 6.89. The Labute approximate surface area is 198 Å². The van der Waals surface area contributed by atoms with Gasteiger partial charge in [-0.2, -0.15) is 0 Å². The molecule has 32 heavy (non-hydrogen) atoms. The van der Waals surface area contributed by atoms with Gasteiger partial charge in [0, 0.05) is 35.9 Å². The molecule has 1 aromatic heterocycles. The van der Waals surface area contributed by atoms with Crippen LogP contribution in [0.2, 0.25) is 5.02 Å². The molecule has 1 fully saturated rings. The van der Waals surface area contributed by atoms with Crippen molar-refractivity contribution in [3.63, 3.8) is 0 Å². The average Bonchev–Trinajstić information content (AvgIpc) is 3.22. The van der Waals surface area contributed by atoms with Crippen molar-refractivity contribution in [3.8, 4) is 0 Å². The highest BCUT2D eigenvalue weighted by Gasteiger charge is 2.18. The van der Waals surface area contributed by atoms with Gasteiger partial charge >= 0.3 is 0 Å². The van der Waals surface area contributed by atoms with E-state index in [2.05, 4.69) is 69.5 Å². The maximum Gasteiger partial charge on any atom is 0.0480 e. The molecule has 4 heteroatoms. The summed E-state index contributed by atoms with van der Waals surface area (Å²) in [5.41, 5.74) is 2.69. The molecule has 172 valence electrons. The number of nitrogens with one attached hydrogen (secondary N) is 1. The first kappa shape index (κ1) is 23.4. The minimum atomic E-state index is 0.696. The highest BCUT2D eigenvalue weighted by atomic mass is 35.5. The number of piperidine rings is 1. The topological polar surface area (TPSA) is 20.2 Å². The fourth-order valence-electron chi connectivity index (χ4n) is 4.94. The summed E-state index contributed by atoms with van der Waals surface area (Å²) in [5.74, 6) is 0. The van der Waals surface area contributed by atoms with Crippen molar-refractivity contribution >= 4 is 22.5 Å². The molecule has 0 atom stereocenters. The summed E-state index contributed by atoms with van der Waals surface area (Å²) in [7, 11) is 0. The minimum Gasteiger partial charge on any atom is -0.347 e. The number of unbranched alkanes of at least 4 members (excludes halogenated alkanes) is 5. The Bertz CT molecular complexity index is 943. The van der Waals surface area contributed by atoms with Crippen molar-refractivity contribution in [2.24, 2.45) is 0 Å². The van der Waals surface area contributed by atoms with E-state index in [0.29, 0.717) is 6.04 Å². The molecule has 0 unspecified atom stereocenters. The first-order valence-electron chi connectivity index (χ1n) is 12.5. The third-order valence-corrected chi connectivity index (χ3v) is 7.06. The van der Waals surface area contributed by atoms with E-state index in [1.165, 1.54) is 87.5 Å². The Kier molecular flexibility index (Phi) is 9.07. The fraction of sp³-hybridized carbons (Fsp3) is 0.500. The Hall–Kier alpha value is -1.81. The van der Waals surface area contributed by atoms with Crippen LogP contribution in [0.25, 0.3) is 10.9 Å². The summed E-state index contributed by atoms with van der Waals surface area (Å²) < 4.78 is 2.40. The summed E-state index contributed by atoms with van der Waals surface area (Å²) in [6.07, 6.45) is 12.8. The Morgan fingerprint density at radius 2 is 1.62 bits per heavy atom. The van der Waals surface area contributed by atoms with Crippen molar-refractivity contribution in [2.75, 3.05) is 19.6 Å². The molecule has 1 saturated heterocycles. The zero-order chi connectivity index (χ0) is 22.0. The number of para-hydroxylation sites is 1. The zero-order valence-electron chi connectivity index (χ0n) is 19.3. The number of rotatable bonds is 12. The van der Waals surface area contributed by atoms with Crippen LogP contribution in [-0.2, 0) is 13.1 Å². The summed E-state index contributed by atoms with van der Waals surface area (Å²) in [6, 6.07) is 19.9. The SMILES string of the molecule is Clc1cccc(CN2CCC(NCCCCCCCCn3ccc4ccccc43)CC2)c1. The van der Waals surface area contributed by atoms with E-state index in [1.807, 2.05) is 6.07 Å². The van der Waals surface area contributed by atoms with Crippen molar-refractivity contribution < 1.29 is 0 Å². The lowest BCUT2D eigenvalue weighted by Gasteiger charge is -2.32. The van der Waals surface area contributed by atoms with Crippen molar-refractivity contribution in [2.45, 2.75) is 70.5 Å². The van der Waals surface area contributed by atoms with Gasteiger partial charge in [-0.15, -0.1) is 0 Å². The predicted molar refractivity (Wildman–Crippen MR) is 137 cm³/mol. The first-order valence-corrected chi connectivity index (χ1v) is 12.9. The molecule has 0 bridgehead atoms. The Morgan fingerprint density at radius 3 is 2.47 bits per heavy atom. The zero-order valence-corrected chi connectivity index (χ0v) is 20.1. The lowest BCUT2D eigenvalue weighted by atomic mass is 10.0. The second-order valence-electron chi connectivity index (χ2n) is 9.32. The minimum absolute atomic E-state index is 0.696. The molecule has 0 spiro atoms. The number of likely N-dealkylation sites (tertiary alicyclic amines) is 1. The summed E-state index contributed by atoms with van der Waals surface area (Å²) >= 11 is 6.11. The third-order valence-electron chi connectivity index (χ3n) is 6.82.